The van der Waals surface area contributed by atoms with Crippen LogP contribution in [0.25, 0.3) is 11.2 Å². The van der Waals surface area contributed by atoms with E-state index in [2.05, 4.69) is 25.3 Å². The average molecular weight is 269 g/mol. The van der Waals surface area contributed by atoms with Crippen LogP contribution < -0.4 is 5.32 Å². The van der Waals surface area contributed by atoms with Crippen LogP contribution in [0.3, 0.4) is 0 Å². The molecule has 0 aliphatic rings. The molecule has 0 bridgehead atoms. The van der Waals surface area contributed by atoms with Crippen molar-refractivity contribution >= 4 is 34.5 Å². The highest BCUT2D eigenvalue weighted by atomic mass is 35.5. The van der Waals surface area contributed by atoms with E-state index in [4.69, 9.17) is 11.6 Å². The molecule has 0 aliphatic carbocycles. The van der Waals surface area contributed by atoms with Gasteiger partial charge >= 0.3 is 0 Å². The van der Waals surface area contributed by atoms with Crippen molar-refractivity contribution in [3.8, 4) is 0 Å². The summed E-state index contributed by atoms with van der Waals surface area (Å²) >= 11 is 5.78. The molecule has 18 heavy (non-hydrogen) atoms. The Morgan fingerprint density at radius 2 is 2.28 bits per heavy atom. The molecule has 7 nitrogen and oxygen atoms in total. The Kier molecular flexibility index (Phi) is 3.61. The first-order valence-electron chi connectivity index (χ1n) is 5.38. The number of fused-ring (bicyclic) bond motifs is 1. The van der Waals surface area contributed by atoms with Crippen molar-refractivity contribution in [1.82, 2.24) is 24.8 Å². The predicted molar refractivity (Wildman–Crippen MR) is 68.5 cm³/mol. The van der Waals surface area contributed by atoms with Crippen molar-refractivity contribution in [2.24, 2.45) is 0 Å². The smallest absolute Gasteiger partial charge is 0.226 e. The van der Waals surface area contributed by atoms with Gasteiger partial charge in [-0.15, -0.1) is 0 Å². The molecule has 0 saturated carbocycles. The highest BCUT2D eigenvalue weighted by molar-refractivity contribution is 6.28. The number of nitrogens with one attached hydrogen (secondary N) is 2. The largest absolute Gasteiger partial charge is 0.368 e. The number of carbonyl (C=O) groups is 1. The molecule has 96 valence electrons. The third kappa shape index (κ3) is 2.67. The van der Waals surface area contributed by atoms with Gasteiger partial charge in [0.1, 0.15) is 5.52 Å². The van der Waals surface area contributed by atoms with Crippen LogP contribution in [0.1, 0.15) is 6.42 Å². The van der Waals surface area contributed by atoms with Crippen molar-refractivity contribution < 1.29 is 4.79 Å². The first-order valence-corrected chi connectivity index (χ1v) is 5.76. The molecule has 2 rings (SSSR count). The van der Waals surface area contributed by atoms with Gasteiger partial charge in [-0.1, -0.05) is 0 Å². The standard InChI is InChI=1S/C10H13ClN6O/c1-17(2)6(18)3-4-12-8-7-9(14-5-13-7)16-10(11)15-8/h5H,3-4H2,1-2H3,(H2,12,13,14,15,16). The Balaban J connectivity index is 2.07. The number of carbonyl (C=O) groups excluding carboxylic acids is 1. The molecule has 0 atom stereocenters. The third-order valence-electron chi connectivity index (χ3n) is 2.39. The fourth-order valence-electron chi connectivity index (χ4n) is 1.45. The molecule has 0 unspecified atom stereocenters. The van der Waals surface area contributed by atoms with E-state index in [9.17, 15) is 4.79 Å². The van der Waals surface area contributed by atoms with Crippen molar-refractivity contribution in [2.45, 2.75) is 6.42 Å². The zero-order chi connectivity index (χ0) is 13.1. The number of rotatable bonds is 4. The van der Waals surface area contributed by atoms with Gasteiger partial charge in [0.15, 0.2) is 11.5 Å². The Bertz CT molecular complexity index is 566. The molecular formula is C10H13ClN6O. The second-order valence-electron chi connectivity index (χ2n) is 3.91. The average Bonchev–Trinajstić information content (AvgIpc) is 2.76. The molecule has 2 aromatic heterocycles. The minimum Gasteiger partial charge on any atom is -0.368 e. The SMILES string of the molecule is CN(C)C(=O)CCNc1nc(Cl)nc2nc[nH]c12. The van der Waals surface area contributed by atoms with Crippen molar-refractivity contribution in [2.75, 3.05) is 26.0 Å². The molecule has 8 heteroatoms. The number of aromatic nitrogens is 4. The summed E-state index contributed by atoms with van der Waals surface area (Å²) in [6, 6.07) is 0. The summed E-state index contributed by atoms with van der Waals surface area (Å²) in [7, 11) is 3.44. The van der Waals surface area contributed by atoms with Gasteiger partial charge in [0.2, 0.25) is 11.2 Å². The predicted octanol–water partition coefficient (Wildman–Crippen LogP) is 0.896. The maximum Gasteiger partial charge on any atom is 0.226 e. The van der Waals surface area contributed by atoms with E-state index in [1.54, 1.807) is 19.0 Å². The van der Waals surface area contributed by atoms with Crippen LogP contribution >= 0.6 is 11.6 Å². The number of aromatic amines is 1. The maximum absolute atomic E-state index is 11.4. The van der Waals surface area contributed by atoms with Gasteiger partial charge in [0.25, 0.3) is 0 Å². The van der Waals surface area contributed by atoms with Crippen molar-refractivity contribution in [3.05, 3.63) is 11.6 Å². The Labute approximate surface area is 109 Å². The monoisotopic (exact) mass is 268 g/mol. The minimum absolute atomic E-state index is 0.0449. The lowest BCUT2D eigenvalue weighted by Gasteiger charge is -2.11. The number of amides is 1. The molecule has 0 saturated heterocycles. The fraction of sp³-hybridized carbons (Fsp3) is 0.400. The quantitative estimate of drug-likeness (QED) is 0.805. The van der Waals surface area contributed by atoms with Gasteiger partial charge in [-0.05, 0) is 11.6 Å². The fourth-order valence-corrected chi connectivity index (χ4v) is 1.61. The lowest BCUT2D eigenvalue weighted by atomic mass is 10.3. The lowest BCUT2D eigenvalue weighted by Crippen LogP contribution is -2.24. The Morgan fingerprint density at radius 1 is 1.50 bits per heavy atom. The Morgan fingerprint density at radius 3 is 3.00 bits per heavy atom. The van der Waals surface area contributed by atoms with Gasteiger partial charge in [-0.25, -0.2) is 4.98 Å². The lowest BCUT2D eigenvalue weighted by molar-refractivity contribution is -0.128. The van der Waals surface area contributed by atoms with E-state index in [-0.39, 0.29) is 11.2 Å². The van der Waals surface area contributed by atoms with E-state index >= 15 is 0 Å². The number of H-pyrrole nitrogens is 1. The second kappa shape index (κ2) is 5.18. The molecular weight excluding hydrogens is 256 g/mol. The van der Waals surface area contributed by atoms with Crippen LogP contribution in [0.15, 0.2) is 6.33 Å². The molecule has 0 aliphatic heterocycles. The normalized spacial score (nSPS) is 10.6. The number of anilines is 1. The minimum atomic E-state index is 0.0449. The van der Waals surface area contributed by atoms with Gasteiger partial charge < -0.3 is 15.2 Å². The number of hydrogen-bond donors (Lipinski definition) is 2. The Hall–Kier alpha value is -1.89. The molecule has 2 aromatic rings. The van der Waals surface area contributed by atoms with Crippen LogP contribution in [0, 0.1) is 0 Å². The van der Waals surface area contributed by atoms with Crippen LogP contribution in [0.5, 0.6) is 0 Å². The first-order chi connectivity index (χ1) is 8.58. The summed E-state index contributed by atoms with van der Waals surface area (Å²) in [6.45, 7) is 0.471. The summed E-state index contributed by atoms with van der Waals surface area (Å²) in [5, 5.41) is 3.17. The zero-order valence-electron chi connectivity index (χ0n) is 10.1. The summed E-state index contributed by atoms with van der Waals surface area (Å²) in [5.41, 5.74) is 1.17. The summed E-state index contributed by atoms with van der Waals surface area (Å²) in [4.78, 5) is 27.9. The number of nitrogens with zero attached hydrogens (tertiary/aromatic N) is 4. The topological polar surface area (TPSA) is 86.8 Å². The van der Waals surface area contributed by atoms with E-state index in [0.29, 0.717) is 29.9 Å². The summed E-state index contributed by atoms with van der Waals surface area (Å²) < 4.78 is 0. The van der Waals surface area contributed by atoms with E-state index in [1.165, 1.54) is 6.33 Å². The van der Waals surface area contributed by atoms with Crippen LogP contribution in [-0.4, -0.2) is 51.4 Å². The van der Waals surface area contributed by atoms with Gasteiger partial charge in [0, 0.05) is 27.1 Å². The molecule has 0 fully saturated rings. The number of halogens is 1. The number of hydrogen-bond acceptors (Lipinski definition) is 5. The zero-order valence-corrected chi connectivity index (χ0v) is 10.8. The molecule has 2 N–H and O–H groups in total. The third-order valence-corrected chi connectivity index (χ3v) is 2.56. The molecule has 1 amide bonds. The van der Waals surface area contributed by atoms with E-state index < -0.39 is 0 Å². The highest BCUT2D eigenvalue weighted by Gasteiger charge is 2.09. The number of imidazole rings is 1. The van der Waals surface area contributed by atoms with Crippen LogP contribution in [0.2, 0.25) is 5.28 Å². The molecule has 2 heterocycles. The molecule has 0 spiro atoms. The second-order valence-corrected chi connectivity index (χ2v) is 4.25. The van der Waals surface area contributed by atoms with Crippen LogP contribution in [0.4, 0.5) is 5.82 Å². The summed E-state index contributed by atoms with van der Waals surface area (Å²) in [6.07, 6.45) is 1.90. The van der Waals surface area contributed by atoms with E-state index in [0.717, 1.165) is 0 Å². The molecule has 0 aromatic carbocycles. The first kappa shape index (κ1) is 12.6. The van der Waals surface area contributed by atoms with Gasteiger partial charge in [-0.2, -0.15) is 9.97 Å². The van der Waals surface area contributed by atoms with Crippen molar-refractivity contribution in [1.29, 1.82) is 0 Å². The summed E-state index contributed by atoms with van der Waals surface area (Å²) in [5.74, 6) is 0.595. The molecule has 0 radical (unpaired) electrons. The maximum atomic E-state index is 11.4. The van der Waals surface area contributed by atoms with Gasteiger partial charge in [-0.3, -0.25) is 4.79 Å². The van der Waals surface area contributed by atoms with Crippen LogP contribution in [-0.2, 0) is 4.79 Å². The van der Waals surface area contributed by atoms with E-state index in [1.807, 2.05) is 0 Å². The highest BCUT2D eigenvalue weighted by Crippen LogP contribution is 2.18. The van der Waals surface area contributed by atoms with Gasteiger partial charge in [0.05, 0.1) is 6.33 Å². The van der Waals surface area contributed by atoms with Crippen molar-refractivity contribution in [3.63, 3.8) is 0 Å².